The summed E-state index contributed by atoms with van der Waals surface area (Å²) < 4.78 is 11.0. The van der Waals surface area contributed by atoms with E-state index in [2.05, 4.69) is 5.32 Å². The molecule has 1 amide bonds. The molecule has 2 aromatic rings. The van der Waals surface area contributed by atoms with E-state index in [1.165, 1.54) is 0 Å². The molecule has 0 aliphatic carbocycles. The minimum Gasteiger partial charge on any atom is -0.494 e. The quantitative estimate of drug-likeness (QED) is 0.527. The van der Waals surface area contributed by atoms with Crippen molar-refractivity contribution in [3.8, 4) is 11.5 Å². The first-order chi connectivity index (χ1) is 14.9. The van der Waals surface area contributed by atoms with Crippen molar-refractivity contribution in [3.05, 3.63) is 58.6 Å². The summed E-state index contributed by atoms with van der Waals surface area (Å²) in [5, 5.41) is 13.6. The van der Waals surface area contributed by atoms with Crippen LogP contribution in [0.3, 0.4) is 0 Å². The summed E-state index contributed by atoms with van der Waals surface area (Å²) in [5.41, 5.74) is 0. The third-order valence-corrected chi connectivity index (χ3v) is 5.46. The summed E-state index contributed by atoms with van der Waals surface area (Å²) >= 11 is 11.6. The van der Waals surface area contributed by atoms with E-state index in [1.807, 2.05) is 4.90 Å². The van der Waals surface area contributed by atoms with Gasteiger partial charge in [0, 0.05) is 42.0 Å². The Hall–Kier alpha value is -2.48. The molecule has 31 heavy (non-hydrogen) atoms. The first-order valence-corrected chi connectivity index (χ1v) is 10.7. The number of carbonyl (C=O) groups excluding carboxylic acids is 1. The topological polar surface area (TPSA) is 88.1 Å². The first kappa shape index (κ1) is 23.2. The van der Waals surface area contributed by atoms with Crippen LogP contribution in [0.5, 0.6) is 11.5 Å². The molecule has 2 aromatic carbocycles. The second-order valence-corrected chi connectivity index (χ2v) is 8.18. The normalized spacial score (nSPS) is 15.0. The van der Waals surface area contributed by atoms with Gasteiger partial charge in [-0.3, -0.25) is 14.5 Å². The van der Waals surface area contributed by atoms with Crippen LogP contribution in [-0.2, 0) is 9.59 Å². The third kappa shape index (κ3) is 7.31. The number of carbonyl (C=O) groups is 2. The number of hydrogen-bond acceptors (Lipinski definition) is 5. The molecule has 0 bridgehead atoms. The van der Waals surface area contributed by atoms with Gasteiger partial charge in [0.1, 0.15) is 17.5 Å². The number of ether oxygens (including phenoxy) is 2. The summed E-state index contributed by atoms with van der Waals surface area (Å²) in [6, 6.07) is 13.1. The number of hydrogen-bond donors (Lipinski definition) is 2. The maximum atomic E-state index is 12.0. The predicted octanol–water partition coefficient (Wildman–Crippen LogP) is 3.34. The van der Waals surface area contributed by atoms with Crippen molar-refractivity contribution in [3.63, 3.8) is 0 Å². The van der Waals surface area contributed by atoms with Crippen molar-refractivity contribution in [2.24, 2.45) is 5.92 Å². The average Bonchev–Trinajstić information content (AvgIpc) is 2.72. The summed E-state index contributed by atoms with van der Waals surface area (Å²) in [4.78, 5) is 25.5. The number of aliphatic carboxylic acids is 1. The molecule has 9 heteroatoms. The molecule has 3 rings (SSSR count). The number of likely N-dealkylation sites (tertiary alicyclic amines) is 1. The smallest absolute Gasteiger partial charge is 0.321 e. The van der Waals surface area contributed by atoms with E-state index < -0.39 is 12.0 Å². The van der Waals surface area contributed by atoms with Gasteiger partial charge in [0.15, 0.2) is 6.61 Å². The number of benzene rings is 2. The summed E-state index contributed by atoms with van der Waals surface area (Å²) in [7, 11) is 0. The van der Waals surface area contributed by atoms with Crippen LogP contribution in [0.25, 0.3) is 0 Å². The van der Waals surface area contributed by atoms with E-state index in [1.54, 1.807) is 48.5 Å². The molecular weight excluding hydrogens is 443 g/mol. The summed E-state index contributed by atoms with van der Waals surface area (Å²) in [5.74, 6) is 0.328. The lowest BCUT2D eigenvalue weighted by Crippen LogP contribution is -2.58. The molecule has 1 saturated heterocycles. The summed E-state index contributed by atoms with van der Waals surface area (Å²) in [6.45, 7) is 1.90. The second kappa shape index (κ2) is 11.2. The molecule has 166 valence electrons. The molecule has 0 unspecified atom stereocenters. The van der Waals surface area contributed by atoms with Gasteiger partial charge in [-0.15, -0.1) is 0 Å². The zero-order chi connectivity index (χ0) is 22.2. The molecule has 7 nitrogen and oxygen atoms in total. The Labute approximate surface area is 190 Å². The highest BCUT2D eigenvalue weighted by atomic mass is 35.5. The number of carboxylic acid groups (broad SMARTS) is 1. The van der Waals surface area contributed by atoms with Crippen LogP contribution in [0.4, 0.5) is 0 Å². The Morgan fingerprint density at radius 1 is 1.00 bits per heavy atom. The molecule has 1 atom stereocenters. The minimum absolute atomic E-state index is 0.0855. The Morgan fingerprint density at radius 3 is 2.10 bits per heavy atom. The molecule has 1 heterocycles. The predicted molar refractivity (Wildman–Crippen MR) is 118 cm³/mol. The van der Waals surface area contributed by atoms with Crippen molar-refractivity contribution in [2.75, 3.05) is 32.8 Å². The van der Waals surface area contributed by atoms with Gasteiger partial charge in [0.2, 0.25) is 0 Å². The molecule has 0 spiro atoms. The minimum atomic E-state index is -0.876. The van der Waals surface area contributed by atoms with Crippen LogP contribution in [0.2, 0.25) is 10.0 Å². The number of carboxylic acids is 1. The van der Waals surface area contributed by atoms with Crippen molar-refractivity contribution >= 4 is 35.1 Å². The number of nitrogens with zero attached hydrogens (tertiary/aromatic N) is 1. The van der Waals surface area contributed by atoms with Crippen LogP contribution in [0.1, 0.15) is 6.42 Å². The third-order valence-electron chi connectivity index (χ3n) is 4.96. The fourth-order valence-corrected chi connectivity index (χ4v) is 3.52. The van der Waals surface area contributed by atoms with E-state index in [9.17, 15) is 14.7 Å². The van der Waals surface area contributed by atoms with Crippen LogP contribution in [0, 0.1) is 5.92 Å². The standard InChI is InChI=1S/C22H24Cl2N2O5/c23-16-1-5-18(6-2-16)30-10-9-20(22(28)29)26-12-15(13-26)11-25-21(27)14-31-19-7-3-17(24)4-8-19/h1-8,15,20H,9-14H2,(H,25,27)(H,28,29)/t20-/m1/s1. The highest BCUT2D eigenvalue weighted by molar-refractivity contribution is 6.30. The van der Waals surface area contributed by atoms with Crippen LogP contribution in [-0.4, -0.2) is 60.8 Å². The lowest BCUT2D eigenvalue weighted by atomic mass is 9.96. The molecule has 2 N–H and O–H groups in total. The molecule has 1 aliphatic rings. The van der Waals surface area contributed by atoms with Gasteiger partial charge in [0.25, 0.3) is 5.91 Å². The van der Waals surface area contributed by atoms with E-state index >= 15 is 0 Å². The van der Waals surface area contributed by atoms with Gasteiger partial charge in [-0.2, -0.15) is 0 Å². The highest BCUT2D eigenvalue weighted by Crippen LogP contribution is 2.21. The first-order valence-electron chi connectivity index (χ1n) is 9.91. The van der Waals surface area contributed by atoms with Gasteiger partial charge in [-0.05, 0) is 48.5 Å². The second-order valence-electron chi connectivity index (χ2n) is 7.31. The lowest BCUT2D eigenvalue weighted by Gasteiger charge is -2.42. The molecular formula is C22H24Cl2N2O5. The SMILES string of the molecule is O=C(COc1ccc(Cl)cc1)NCC1CN([C@H](CCOc2ccc(Cl)cc2)C(=O)O)C1. The molecule has 1 aliphatic heterocycles. The summed E-state index contributed by atoms with van der Waals surface area (Å²) in [6.07, 6.45) is 0.367. The average molecular weight is 467 g/mol. The number of rotatable bonds is 11. The van der Waals surface area contributed by atoms with Crippen molar-refractivity contribution in [1.29, 1.82) is 0 Å². The number of amides is 1. The van der Waals surface area contributed by atoms with E-state index in [0.717, 1.165) is 0 Å². The fraction of sp³-hybridized carbons (Fsp3) is 0.364. The maximum Gasteiger partial charge on any atom is 0.321 e. The van der Waals surface area contributed by atoms with Crippen LogP contribution < -0.4 is 14.8 Å². The van der Waals surface area contributed by atoms with Gasteiger partial charge >= 0.3 is 5.97 Å². The van der Waals surface area contributed by atoms with Gasteiger partial charge in [-0.25, -0.2) is 0 Å². The Balaban J connectivity index is 1.33. The van der Waals surface area contributed by atoms with Gasteiger partial charge < -0.3 is 19.9 Å². The lowest BCUT2D eigenvalue weighted by molar-refractivity contribution is -0.147. The molecule has 0 aromatic heterocycles. The zero-order valence-electron chi connectivity index (χ0n) is 16.8. The highest BCUT2D eigenvalue weighted by Gasteiger charge is 2.36. The van der Waals surface area contributed by atoms with Crippen molar-refractivity contribution < 1.29 is 24.2 Å². The Morgan fingerprint density at radius 2 is 1.55 bits per heavy atom. The Kier molecular flexibility index (Phi) is 8.40. The van der Waals surface area contributed by atoms with Crippen LogP contribution >= 0.6 is 23.2 Å². The fourth-order valence-electron chi connectivity index (χ4n) is 3.26. The van der Waals surface area contributed by atoms with E-state index in [0.29, 0.717) is 54.2 Å². The number of nitrogens with one attached hydrogen (secondary N) is 1. The van der Waals surface area contributed by atoms with Crippen molar-refractivity contribution in [2.45, 2.75) is 12.5 Å². The van der Waals surface area contributed by atoms with Crippen LogP contribution in [0.15, 0.2) is 48.5 Å². The molecule has 0 radical (unpaired) electrons. The maximum absolute atomic E-state index is 12.0. The van der Waals surface area contributed by atoms with Gasteiger partial charge in [0.05, 0.1) is 6.61 Å². The van der Waals surface area contributed by atoms with Gasteiger partial charge in [-0.1, -0.05) is 23.2 Å². The zero-order valence-corrected chi connectivity index (χ0v) is 18.3. The molecule has 1 fully saturated rings. The Bertz CT molecular complexity index is 870. The monoisotopic (exact) mass is 466 g/mol. The van der Waals surface area contributed by atoms with Crippen molar-refractivity contribution in [1.82, 2.24) is 10.2 Å². The largest absolute Gasteiger partial charge is 0.494 e. The van der Waals surface area contributed by atoms with E-state index in [-0.39, 0.29) is 18.4 Å². The van der Waals surface area contributed by atoms with E-state index in [4.69, 9.17) is 32.7 Å². The number of halogens is 2. The molecule has 0 saturated carbocycles.